The van der Waals surface area contributed by atoms with Crippen molar-refractivity contribution < 1.29 is 67.0 Å². The van der Waals surface area contributed by atoms with Crippen LogP contribution in [0.15, 0.2) is 24.3 Å². The van der Waals surface area contributed by atoms with E-state index in [1.165, 1.54) is 61.8 Å². The fraction of sp³-hybridized carbons (Fsp3) is 0.734. The van der Waals surface area contributed by atoms with Crippen LogP contribution >= 0.6 is 0 Å². The van der Waals surface area contributed by atoms with Crippen molar-refractivity contribution in [2.45, 2.75) is 228 Å². The lowest BCUT2D eigenvalue weighted by atomic mass is 9.92. The molecule has 2 heterocycles. The Kier molecular flexibility index (Phi) is 27.3. The number of hydrogen-bond donors (Lipinski definition) is 3. The van der Waals surface area contributed by atoms with Crippen LogP contribution in [0.25, 0.3) is 0 Å². The van der Waals surface area contributed by atoms with Gasteiger partial charge in [0.15, 0.2) is 6.10 Å². The van der Waals surface area contributed by atoms with Crippen LogP contribution in [0.4, 0.5) is 0 Å². The zero-order valence-corrected chi connectivity index (χ0v) is 56.2. The molecule has 490 valence electrons. The molecule has 0 aromatic heterocycles. The van der Waals surface area contributed by atoms with Gasteiger partial charge in [-0.1, -0.05) is 94.2 Å². The molecule has 0 aliphatic carbocycles. The van der Waals surface area contributed by atoms with Gasteiger partial charge in [-0.05, 0) is 115 Å². The molecule has 0 saturated carbocycles. The van der Waals surface area contributed by atoms with E-state index in [9.17, 15) is 38.4 Å². The van der Waals surface area contributed by atoms with Gasteiger partial charge in [-0.25, -0.2) is 4.79 Å². The number of benzene rings is 1. The second-order valence-electron chi connectivity index (χ2n) is 26.8. The first-order valence-corrected chi connectivity index (χ1v) is 30.9. The first-order chi connectivity index (χ1) is 40.2. The minimum atomic E-state index is -1.59. The number of ether oxygens (including phenoxy) is 3. The zero-order valence-electron chi connectivity index (χ0n) is 56.2. The van der Waals surface area contributed by atoms with Gasteiger partial charge in [-0.3, -0.25) is 47.9 Å². The van der Waals surface area contributed by atoms with Gasteiger partial charge in [0.1, 0.15) is 65.3 Å². The third kappa shape index (κ3) is 20.1. The second kappa shape index (κ2) is 31.9. The minimum absolute atomic E-state index is 0.111. The van der Waals surface area contributed by atoms with E-state index in [-0.39, 0.29) is 19.4 Å². The molecule has 0 unspecified atom stereocenters. The van der Waals surface area contributed by atoms with E-state index in [1.54, 1.807) is 100 Å². The van der Waals surface area contributed by atoms with Crippen LogP contribution < -0.4 is 20.7 Å². The highest BCUT2D eigenvalue weighted by atomic mass is 16.6. The van der Waals surface area contributed by atoms with Gasteiger partial charge in [-0.2, -0.15) is 0 Å². The molecule has 1 aromatic rings. The molecule has 87 heavy (non-hydrogen) atoms. The normalized spacial score (nSPS) is 25.9. The van der Waals surface area contributed by atoms with E-state index >= 15 is 14.4 Å². The standard InChI is InChI=1S/C64H105N9O14/c1-23-39(9)52-54(76)65-35-47(74)69(19)50(37(5)6)55(77)66-44(33-42-28-30-43(31-29-42)86-63(12,13)14)62(84)85-41(11)57(79)73-32-26-25-27-45(73)58(80)70(20)51(38(7)8)56(78)67-49(36(3)4)60(82)68(18)46(34-48(75)87-64(15,16)17)59(81)72(22)53(40(10)24-2)61(83)71(52)21/h28-31,36-41,44-46,49-53H,23-27,32-35H2,1-22H3,(H,65,76)(H,66,77)(H,67,78)/t39-,40+,41-,44+,45+,46-,49+,50+,51+,52+,53+/m1/s1. The van der Waals surface area contributed by atoms with Crippen LogP contribution in [0.1, 0.15) is 162 Å². The van der Waals surface area contributed by atoms with Gasteiger partial charge in [-0.15, -0.1) is 0 Å². The molecule has 0 bridgehead atoms. The van der Waals surface area contributed by atoms with Crippen molar-refractivity contribution in [1.82, 2.24) is 45.3 Å². The summed E-state index contributed by atoms with van der Waals surface area (Å²) in [7, 11) is 6.97. The van der Waals surface area contributed by atoms with Crippen molar-refractivity contribution in [2.75, 3.05) is 48.3 Å². The molecule has 9 amide bonds. The Morgan fingerprint density at radius 2 is 1.11 bits per heavy atom. The highest BCUT2D eigenvalue weighted by Crippen LogP contribution is 2.27. The summed E-state index contributed by atoms with van der Waals surface area (Å²) in [6.07, 6.45) is -0.221. The van der Waals surface area contributed by atoms with Gasteiger partial charge in [0.05, 0.1) is 13.0 Å². The van der Waals surface area contributed by atoms with Crippen molar-refractivity contribution in [3.05, 3.63) is 29.8 Å². The predicted octanol–water partition coefficient (Wildman–Crippen LogP) is 4.75. The Morgan fingerprint density at radius 1 is 0.598 bits per heavy atom. The third-order valence-electron chi connectivity index (χ3n) is 16.4. The van der Waals surface area contributed by atoms with E-state index in [1.807, 2.05) is 34.6 Å². The average Bonchev–Trinajstić information content (AvgIpc) is 1.20. The van der Waals surface area contributed by atoms with E-state index < -0.39 is 173 Å². The predicted molar refractivity (Wildman–Crippen MR) is 329 cm³/mol. The fourth-order valence-electron chi connectivity index (χ4n) is 11.3. The molecule has 1 aromatic carbocycles. The summed E-state index contributed by atoms with van der Waals surface area (Å²) in [6.45, 7) is 28.9. The Hall–Kier alpha value is -6.81. The van der Waals surface area contributed by atoms with Crippen molar-refractivity contribution in [3.8, 4) is 5.75 Å². The van der Waals surface area contributed by atoms with Crippen molar-refractivity contribution in [1.29, 1.82) is 0 Å². The number of nitrogens with zero attached hydrogens (tertiary/aromatic N) is 6. The lowest BCUT2D eigenvalue weighted by molar-refractivity contribution is -0.165. The topological polar surface area (TPSA) is 271 Å². The summed E-state index contributed by atoms with van der Waals surface area (Å²) in [5.41, 5.74) is -0.927. The molecule has 3 rings (SSSR count). The third-order valence-corrected chi connectivity index (χ3v) is 16.4. The van der Waals surface area contributed by atoms with Crippen molar-refractivity contribution >= 4 is 65.1 Å². The number of amides is 9. The van der Waals surface area contributed by atoms with Crippen LogP contribution in [-0.2, 0) is 68.6 Å². The summed E-state index contributed by atoms with van der Waals surface area (Å²) in [5, 5.41) is 8.34. The maximum atomic E-state index is 15.2. The number of piperidine rings is 1. The number of nitrogens with one attached hydrogen (secondary N) is 3. The fourth-order valence-corrected chi connectivity index (χ4v) is 11.3. The van der Waals surface area contributed by atoms with Crippen LogP contribution in [0, 0.1) is 29.6 Å². The van der Waals surface area contributed by atoms with Gasteiger partial charge < -0.3 is 59.6 Å². The zero-order chi connectivity index (χ0) is 66.5. The maximum absolute atomic E-state index is 15.2. The molecular weight excluding hydrogens is 1120 g/mol. The smallest absolute Gasteiger partial charge is 0.329 e. The molecular formula is C64H105N9O14. The lowest BCUT2D eigenvalue weighted by Crippen LogP contribution is -2.63. The number of esters is 2. The molecule has 23 heteroatoms. The van der Waals surface area contributed by atoms with Crippen molar-refractivity contribution in [3.63, 3.8) is 0 Å². The number of cyclic esters (lactones) is 1. The Bertz CT molecular complexity index is 2600. The number of carbonyl (C=O) groups excluding carboxylic acids is 11. The molecule has 3 N–H and O–H groups in total. The molecule has 0 spiro atoms. The lowest BCUT2D eigenvalue weighted by Gasteiger charge is -2.41. The van der Waals surface area contributed by atoms with Gasteiger partial charge in [0.25, 0.3) is 5.91 Å². The van der Waals surface area contributed by atoms with Crippen molar-refractivity contribution in [2.24, 2.45) is 29.6 Å². The largest absolute Gasteiger partial charge is 0.488 e. The van der Waals surface area contributed by atoms with Gasteiger partial charge >= 0.3 is 11.9 Å². The quantitative estimate of drug-likeness (QED) is 0.239. The maximum Gasteiger partial charge on any atom is 0.329 e. The highest BCUT2D eigenvalue weighted by molar-refractivity contribution is 5.99. The molecule has 2 saturated heterocycles. The SMILES string of the molecule is CC[C@@H](C)[C@H]1C(=O)NCC(=O)N(C)[C@@H](C(C)C)C(=O)N[C@@H](Cc2ccc(OC(C)(C)C)cc2)C(=O)O[C@H](C)C(=O)N2CCCC[C@H]2C(=O)N(C)[C@@H](C(C)C)C(=O)N[C@@H](C(C)C)C(=O)N(C)[C@H](CC(=O)OC(C)(C)C)C(=O)N(C)[C@@H]([C@@H](C)CC)C(=O)N1C. The number of carbonyl (C=O) groups is 11. The van der Waals surface area contributed by atoms with E-state index in [4.69, 9.17) is 14.2 Å². The van der Waals surface area contributed by atoms with Crippen LogP contribution in [0.2, 0.25) is 0 Å². The summed E-state index contributed by atoms with van der Waals surface area (Å²) in [5.74, 6) is -10.4. The number of likely N-dealkylation sites (N-methyl/N-ethyl adjacent to an activating group) is 5. The van der Waals surface area contributed by atoms with E-state index in [0.717, 1.165) is 9.80 Å². The summed E-state index contributed by atoms with van der Waals surface area (Å²) < 4.78 is 17.6. The molecule has 2 aliphatic heterocycles. The average molecular weight is 1220 g/mol. The Labute approximate surface area is 517 Å². The van der Waals surface area contributed by atoms with Crippen LogP contribution in [0.3, 0.4) is 0 Å². The highest BCUT2D eigenvalue weighted by Gasteiger charge is 2.46. The Morgan fingerprint density at radius 3 is 1.63 bits per heavy atom. The molecule has 23 nitrogen and oxygen atoms in total. The van der Waals surface area contributed by atoms with Gasteiger partial charge in [0, 0.05) is 48.2 Å². The molecule has 2 fully saturated rings. The molecule has 2 aliphatic rings. The first kappa shape index (κ1) is 74.4. The second-order valence-corrected chi connectivity index (χ2v) is 26.8. The number of fused-ring (bicyclic) bond motifs is 1. The Balaban J connectivity index is 2.32. The van der Waals surface area contributed by atoms with Crippen LogP contribution in [-0.4, -0.2) is 208 Å². The summed E-state index contributed by atoms with van der Waals surface area (Å²) >= 11 is 0. The monoisotopic (exact) mass is 1220 g/mol. The summed E-state index contributed by atoms with van der Waals surface area (Å²) in [6, 6.07) is -3.44. The first-order valence-electron chi connectivity index (χ1n) is 30.9. The van der Waals surface area contributed by atoms with Gasteiger partial charge in [0.2, 0.25) is 47.3 Å². The molecule has 11 atom stereocenters. The number of hydrogen-bond acceptors (Lipinski definition) is 14. The molecule has 0 radical (unpaired) electrons. The summed E-state index contributed by atoms with van der Waals surface area (Å²) in [4.78, 5) is 169. The van der Waals surface area contributed by atoms with Crippen LogP contribution in [0.5, 0.6) is 5.75 Å². The number of rotatable bonds is 12. The van der Waals surface area contributed by atoms with E-state index in [2.05, 4.69) is 16.0 Å². The van der Waals surface area contributed by atoms with E-state index in [0.29, 0.717) is 37.0 Å². The minimum Gasteiger partial charge on any atom is -0.488 e.